The van der Waals surface area contributed by atoms with E-state index >= 15 is 0 Å². The Morgan fingerprint density at radius 1 is 1.12 bits per heavy atom. The maximum Gasteiger partial charge on any atom is 0.411 e. The highest BCUT2D eigenvalue weighted by Crippen LogP contribution is 2.35. The Balaban J connectivity index is 3.22. The van der Waals surface area contributed by atoms with E-state index in [1.54, 1.807) is 20.8 Å². The van der Waals surface area contributed by atoms with E-state index in [-0.39, 0.29) is 24.1 Å². The number of ether oxygens (including phenoxy) is 3. The summed E-state index contributed by atoms with van der Waals surface area (Å²) in [7, 11) is 2.40. The van der Waals surface area contributed by atoms with Gasteiger partial charge in [0, 0.05) is 18.4 Å². The summed E-state index contributed by atoms with van der Waals surface area (Å²) in [6.45, 7) is 5.06. The molecule has 1 heterocycles. The summed E-state index contributed by atoms with van der Waals surface area (Å²) >= 11 is 3.10. The third-order valence-corrected chi connectivity index (χ3v) is 4.45. The molecule has 3 atom stereocenters. The Hall–Kier alpha value is -1.64. The molecule has 0 spiro atoms. The molecule has 0 aromatic rings. The molecule has 0 aromatic heterocycles. The number of likely N-dealkylation sites (tertiary alicyclic amines) is 1. The van der Waals surface area contributed by atoms with Gasteiger partial charge in [-0.15, -0.1) is 0 Å². The number of ketones is 1. The molecule has 1 amide bonds. The van der Waals surface area contributed by atoms with E-state index in [2.05, 4.69) is 20.7 Å². The number of alkyl halides is 1. The fourth-order valence-electron chi connectivity index (χ4n) is 2.81. The lowest BCUT2D eigenvalue weighted by Gasteiger charge is -2.28. The molecule has 0 unspecified atom stereocenters. The molecule has 1 rings (SSSR count). The summed E-state index contributed by atoms with van der Waals surface area (Å²) in [4.78, 5) is 50.0. The monoisotopic (exact) mass is 421 g/mol. The summed E-state index contributed by atoms with van der Waals surface area (Å²) in [5, 5.41) is 0.0470. The van der Waals surface area contributed by atoms with Gasteiger partial charge in [-0.05, 0) is 20.8 Å². The van der Waals surface area contributed by atoms with Gasteiger partial charge >= 0.3 is 18.0 Å². The third kappa shape index (κ3) is 5.42. The van der Waals surface area contributed by atoms with Gasteiger partial charge in [-0.1, -0.05) is 15.9 Å². The van der Waals surface area contributed by atoms with Crippen molar-refractivity contribution in [3.63, 3.8) is 0 Å². The molecule has 0 bridgehead atoms. The van der Waals surface area contributed by atoms with Gasteiger partial charge in [-0.25, -0.2) is 9.59 Å². The molecule has 8 nitrogen and oxygen atoms in total. The van der Waals surface area contributed by atoms with Crippen LogP contribution in [0.15, 0.2) is 0 Å². The smallest absolute Gasteiger partial charge is 0.411 e. The topological polar surface area (TPSA) is 99.2 Å². The van der Waals surface area contributed by atoms with Crippen LogP contribution in [0.1, 0.15) is 27.2 Å². The van der Waals surface area contributed by atoms with Crippen molar-refractivity contribution >= 4 is 39.7 Å². The first-order chi connectivity index (χ1) is 11.6. The van der Waals surface area contributed by atoms with E-state index in [0.717, 1.165) is 4.90 Å². The average molecular weight is 422 g/mol. The molecule has 142 valence electrons. The molecule has 1 aliphatic rings. The van der Waals surface area contributed by atoms with Crippen LogP contribution in [0.5, 0.6) is 0 Å². The number of Topliss-reactive ketones (excluding diaryl/α,β-unsaturated/α-hetero) is 1. The molecule has 0 aromatic carbocycles. The first-order valence-corrected chi connectivity index (χ1v) is 8.90. The van der Waals surface area contributed by atoms with Gasteiger partial charge in [0.1, 0.15) is 17.4 Å². The SMILES string of the molecule is COC(=O)C[C@H]1[C@@H](C(=O)CBr)CN(C(=O)OC(C)(C)C)[C@@H]1C(=O)OC. The minimum atomic E-state index is -1.09. The lowest BCUT2D eigenvalue weighted by Crippen LogP contribution is -2.46. The van der Waals surface area contributed by atoms with Gasteiger partial charge in [-0.2, -0.15) is 0 Å². The largest absolute Gasteiger partial charge is 0.469 e. The van der Waals surface area contributed by atoms with Crippen LogP contribution in [-0.4, -0.2) is 66.5 Å². The van der Waals surface area contributed by atoms with Crippen LogP contribution in [-0.2, 0) is 28.6 Å². The molecule has 9 heteroatoms. The minimum Gasteiger partial charge on any atom is -0.469 e. The van der Waals surface area contributed by atoms with E-state index in [9.17, 15) is 19.2 Å². The predicted molar refractivity (Wildman–Crippen MR) is 91.2 cm³/mol. The van der Waals surface area contributed by atoms with Crippen LogP contribution >= 0.6 is 15.9 Å². The van der Waals surface area contributed by atoms with Crippen molar-refractivity contribution < 1.29 is 33.4 Å². The van der Waals surface area contributed by atoms with Gasteiger partial charge < -0.3 is 14.2 Å². The number of rotatable bonds is 5. The molecule has 0 radical (unpaired) electrons. The fourth-order valence-corrected chi connectivity index (χ4v) is 3.23. The average Bonchev–Trinajstić information content (AvgIpc) is 2.90. The standard InChI is InChI=1S/C16H24BrNO7/c1-16(2,3)25-15(22)18-8-10(11(19)7-17)9(6-12(20)23-4)13(18)14(21)24-5/h9-10,13H,6-8H2,1-5H3/t9-,10-,13-/m0/s1. The van der Waals surface area contributed by atoms with Crippen molar-refractivity contribution in [2.45, 2.75) is 38.8 Å². The molecular formula is C16H24BrNO7. The normalized spacial score (nSPS) is 23.1. The molecule has 0 N–H and O–H groups in total. The van der Waals surface area contributed by atoms with E-state index < -0.39 is 41.5 Å². The number of carbonyl (C=O) groups is 4. The highest BCUT2D eigenvalue weighted by Gasteiger charge is 2.52. The summed E-state index contributed by atoms with van der Waals surface area (Å²) in [6.07, 6.45) is -0.915. The molecule has 25 heavy (non-hydrogen) atoms. The number of esters is 2. The Morgan fingerprint density at radius 3 is 2.16 bits per heavy atom. The summed E-state index contributed by atoms with van der Waals surface area (Å²) in [6, 6.07) is -1.09. The molecule has 0 saturated carbocycles. The fraction of sp³-hybridized carbons (Fsp3) is 0.750. The van der Waals surface area contributed by atoms with Crippen LogP contribution < -0.4 is 0 Å². The van der Waals surface area contributed by atoms with Gasteiger partial charge in [0.2, 0.25) is 0 Å². The van der Waals surface area contributed by atoms with E-state index in [0.29, 0.717) is 0 Å². The van der Waals surface area contributed by atoms with Gasteiger partial charge in [-0.3, -0.25) is 14.5 Å². The molecular weight excluding hydrogens is 398 g/mol. The van der Waals surface area contributed by atoms with Crippen molar-refractivity contribution in [3.8, 4) is 0 Å². The minimum absolute atomic E-state index is 0.0270. The Bertz CT molecular complexity index is 543. The number of methoxy groups -OCH3 is 2. The summed E-state index contributed by atoms with van der Waals surface area (Å²) in [5.41, 5.74) is -0.771. The Kier molecular flexibility index (Phi) is 7.40. The summed E-state index contributed by atoms with van der Waals surface area (Å²) < 4.78 is 14.8. The number of halogens is 1. The second-order valence-corrected chi connectivity index (χ2v) is 7.31. The van der Waals surface area contributed by atoms with Crippen molar-refractivity contribution in [3.05, 3.63) is 0 Å². The second-order valence-electron chi connectivity index (χ2n) is 6.75. The Labute approximate surface area is 155 Å². The van der Waals surface area contributed by atoms with Gasteiger partial charge in [0.15, 0.2) is 0 Å². The Morgan fingerprint density at radius 2 is 1.72 bits per heavy atom. The number of hydrogen-bond donors (Lipinski definition) is 0. The zero-order valence-electron chi connectivity index (χ0n) is 15.0. The van der Waals surface area contributed by atoms with Crippen LogP contribution in [0.4, 0.5) is 4.79 Å². The molecule has 1 saturated heterocycles. The van der Waals surface area contributed by atoms with E-state index in [1.807, 2.05) is 0 Å². The van der Waals surface area contributed by atoms with Crippen LogP contribution in [0.2, 0.25) is 0 Å². The van der Waals surface area contributed by atoms with E-state index in [1.165, 1.54) is 14.2 Å². The van der Waals surface area contributed by atoms with Crippen LogP contribution in [0.25, 0.3) is 0 Å². The highest BCUT2D eigenvalue weighted by atomic mass is 79.9. The zero-order chi connectivity index (χ0) is 19.4. The number of hydrogen-bond acceptors (Lipinski definition) is 7. The van der Waals surface area contributed by atoms with Crippen molar-refractivity contribution in [1.29, 1.82) is 0 Å². The summed E-state index contributed by atoms with van der Waals surface area (Å²) in [5.74, 6) is -2.93. The van der Waals surface area contributed by atoms with E-state index in [4.69, 9.17) is 9.47 Å². The van der Waals surface area contributed by atoms with Crippen molar-refractivity contribution in [2.24, 2.45) is 11.8 Å². The van der Waals surface area contributed by atoms with Crippen LogP contribution in [0.3, 0.4) is 0 Å². The number of nitrogens with zero attached hydrogens (tertiary/aromatic N) is 1. The maximum absolute atomic E-state index is 12.5. The lowest BCUT2D eigenvalue weighted by atomic mass is 9.85. The van der Waals surface area contributed by atoms with Crippen molar-refractivity contribution in [1.82, 2.24) is 4.90 Å². The predicted octanol–water partition coefficient (Wildman–Crippen LogP) is 1.54. The first kappa shape index (κ1) is 21.4. The zero-order valence-corrected chi connectivity index (χ0v) is 16.6. The maximum atomic E-state index is 12.5. The first-order valence-electron chi connectivity index (χ1n) is 7.78. The quantitative estimate of drug-likeness (QED) is 0.377. The highest BCUT2D eigenvalue weighted by molar-refractivity contribution is 9.09. The lowest BCUT2D eigenvalue weighted by molar-refractivity contribution is -0.149. The van der Waals surface area contributed by atoms with Gasteiger partial charge in [0.25, 0.3) is 0 Å². The second kappa shape index (κ2) is 8.64. The van der Waals surface area contributed by atoms with Gasteiger partial charge in [0.05, 0.1) is 26.0 Å². The molecule has 1 fully saturated rings. The van der Waals surface area contributed by atoms with Crippen LogP contribution in [0, 0.1) is 11.8 Å². The number of carbonyl (C=O) groups excluding carboxylic acids is 4. The molecule has 1 aliphatic heterocycles. The molecule has 0 aliphatic carbocycles. The third-order valence-electron chi connectivity index (χ3n) is 3.90. The van der Waals surface area contributed by atoms with Crippen molar-refractivity contribution in [2.75, 3.05) is 26.1 Å². The number of amides is 1.